The SMILES string of the molecule is CC(CO)[C@H]1CC[C@H]2[C@@H]3CCC4N(C)C(=O)OC[C@]4(C)[C@H]3CC[C@]12C. The zero-order valence-corrected chi connectivity index (χ0v) is 16.3. The molecule has 0 radical (unpaired) electrons. The lowest BCUT2D eigenvalue weighted by atomic mass is 9.47. The lowest BCUT2D eigenvalue weighted by molar-refractivity contribution is -0.145. The molecule has 4 fully saturated rings. The van der Waals surface area contributed by atoms with Crippen molar-refractivity contribution in [2.24, 2.45) is 40.4 Å². The first-order valence-electron chi connectivity index (χ1n) is 10.3. The van der Waals surface area contributed by atoms with E-state index in [1.807, 2.05) is 11.9 Å². The summed E-state index contributed by atoms with van der Waals surface area (Å²) in [6.07, 6.45) is 7.36. The Labute approximate surface area is 152 Å². The molecule has 3 aliphatic carbocycles. The number of nitrogens with zero attached hydrogens (tertiary/aromatic N) is 1. The predicted molar refractivity (Wildman–Crippen MR) is 97.0 cm³/mol. The van der Waals surface area contributed by atoms with E-state index in [0.717, 1.165) is 18.3 Å². The van der Waals surface area contributed by atoms with Gasteiger partial charge >= 0.3 is 6.09 Å². The summed E-state index contributed by atoms with van der Waals surface area (Å²) in [5.74, 6) is 3.30. The highest BCUT2D eigenvalue weighted by molar-refractivity contribution is 5.68. The summed E-state index contributed by atoms with van der Waals surface area (Å²) in [5.41, 5.74) is 0.497. The molecule has 1 amide bonds. The van der Waals surface area contributed by atoms with Gasteiger partial charge in [0.15, 0.2) is 0 Å². The third-order valence-electron chi connectivity index (χ3n) is 9.13. The van der Waals surface area contributed by atoms with Crippen molar-refractivity contribution in [1.82, 2.24) is 4.90 Å². The van der Waals surface area contributed by atoms with Gasteiger partial charge in [0.2, 0.25) is 0 Å². The number of rotatable bonds is 2. The minimum Gasteiger partial charge on any atom is -0.449 e. The molecular weight excluding hydrogens is 314 g/mol. The van der Waals surface area contributed by atoms with Gasteiger partial charge in [-0.05, 0) is 73.5 Å². The van der Waals surface area contributed by atoms with Gasteiger partial charge in [-0.3, -0.25) is 0 Å². The monoisotopic (exact) mass is 349 g/mol. The Kier molecular flexibility index (Phi) is 4.14. The molecule has 1 N–H and O–H groups in total. The first-order valence-corrected chi connectivity index (χ1v) is 10.3. The summed E-state index contributed by atoms with van der Waals surface area (Å²) in [6.45, 7) is 8.05. The molecule has 0 spiro atoms. The zero-order chi connectivity index (χ0) is 18.0. The van der Waals surface area contributed by atoms with Gasteiger partial charge in [-0.25, -0.2) is 4.79 Å². The van der Waals surface area contributed by atoms with Crippen LogP contribution in [0.5, 0.6) is 0 Å². The molecule has 0 aromatic rings. The number of aliphatic hydroxyl groups excluding tert-OH is 1. The second-order valence-corrected chi connectivity index (χ2v) is 10.0. The van der Waals surface area contributed by atoms with Crippen LogP contribution in [0.15, 0.2) is 0 Å². The number of carbonyl (C=O) groups excluding carboxylic acids is 1. The van der Waals surface area contributed by atoms with Gasteiger partial charge in [-0.2, -0.15) is 0 Å². The molecule has 1 heterocycles. The summed E-state index contributed by atoms with van der Waals surface area (Å²) < 4.78 is 5.58. The first-order chi connectivity index (χ1) is 11.8. The molecule has 4 heteroatoms. The minimum atomic E-state index is -0.140. The molecule has 8 atom stereocenters. The van der Waals surface area contributed by atoms with Crippen molar-refractivity contribution < 1.29 is 14.6 Å². The third-order valence-corrected chi connectivity index (χ3v) is 9.13. The molecule has 0 bridgehead atoms. The van der Waals surface area contributed by atoms with Crippen LogP contribution in [0.25, 0.3) is 0 Å². The van der Waals surface area contributed by atoms with Crippen molar-refractivity contribution in [3.8, 4) is 0 Å². The number of fused-ring (bicyclic) bond motifs is 5. The van der Waals surface area contributed by atoms with Crippen molar-refractivity contribution in [3.05, 3.63) is 0 Å². The minimum absolute atomic E-state index is 0.105. The average molecular weight is 350 g/mol. The van der Waals surface area contributed by atoms with Gasteiger partial charge < -0.3 is 14.7 Å². The second kappa shape index (κ2) is 5.87. The summed E-state index contributed by atoms with van der Waals surface area (Å²) >= 11 is 0. The van der Waals surface area contributed by atoms with E-state index in [2.05, 4.69) is 20.8 Å². The summed E-state index contributed by atoms with van der Waals surface area (Å²) in [7, 11) is 1.92. The topological polar surface area (TPSA) is 49.8 Å². The zero-order valence-electron chi connectivity index (χ0n) is 16.3. The predicted octanol–water partition coefficient (Wildman–Crippen LogP) is 3.92. The van der Waals surface area contributed by atoms with E-state index in [-0.39, 0.29) is 11.5 Å². The van der Waals surface area contributed by atoms with Crippen LogP contribution in [-0.4, -0.2) is 42.4 Å². The van der Waals surface area contributed by atoms with Crippen LogP contribution in [0.2, 0.25) is 0 Å². The fourth-order valence-electron chi connectivity index (χ4n) is 7.82. The third kappa shape index (κ3) is 2.32. The number of hydrogen-bond donors (Lipinski definition) is 1. The van der Waals surface area contributed by atoms with Gasteiger partial charge in [0.1, 0.15) is 6.61 Å². The van der Waals surface area contributed by atoms with Crippen LogP contribution in [0, 0.1) is 40.4 Å². The van der Waals surface area contributed by atoms with Crippen LogP contribution in [0.3, 0.4) is 0 Å². The average Bonchev–Trinajstić information content (AvgIpc) is 2.95. The fourth-order valence-corrected chi connectivity index (χ4v) is 7.82. The number of aliphatic hydroxyl groups is 1. The maximum Gasteiger partial charge on any atom is 0.409 e. The molecule has 2 unspecified atom stereocenters. The molecule has 0 aromatic carbocycles. The second-order valence-electron chi connectivity index (χ2n) is 10.0. The van der Waals surface area contributed by atoms with Crippen molar-refractivity contribution in [1.29, 1.82) is 0 Å². The largest absolute Gasteiger partial charge is 0.449 e. The van der Waals surface area contributed by atoms with Gasteiger partial charge in [0.25, 0.3) is 0 Å². The maximum absolute atomic E-state index is 12.0. The van der Waals surface area contributed by atoms with Gasteiger partial charge in [-0.15, -0.1) is 0 Å². The number of ether oxygens (including phenoxy) is 1. The Balaban J connectivity index is 1.61. The highest BCUT2D eigenvalue weighted by Gasteiger charge is 2.62. The molecule has 25 heavy (non-hydrogen) atoms. The Morgan fingerprint density at radius 3 is 2.60 bits per heavy atom. The number of hydrogen-bond acceptors (Lipinski definition) is 3. The van der Waals surface area contributed by atoms with Crippen molar-refractivity contribution in [3.63, 3.8) is 0 Å². The van der Waals surface area contributed by atoms with Crippen LogP contribution in [0.1, 0.15) is 59.3 Å². The molecule has 4 rings (SSSR count). The van der Waals surface area contributed by atoms with E-state index in [9.17, 15) is 9.90 Å². The quantitative estimate of drug-likeness (QED) is 0.822. The van der Waals surface area contributed by atoms with Crippen LogP contribution in [0.4, 0.5) is 4.79 Å². The van der Waals surface area contributed by atoms with Gasteiger partial charge in [0, 0.05) is 25.1 Å². The van der Waals surface area contributed by atoms with Gasteiger partial charge in [0.05, 0.1) is 0 Å². The van der Waals surface area contributed by atoms with Gasteiger partial charge in [-0.1, -0.05) is 20.8 Å². The highest BCUT2D eigenvalue weighted by Crippen LogP contribution is 2.66. The summed E-state index contributed by atoms with van der Waals surface area (Å²) in [5, 5.41) is 9.73. The molecule has 142 valence electrons. The summed E-state index contributed by atoms with van der Waals surface area (Å²) in [6, 6.07) is 0.341. The number of amides is 1. The Bertz CT molecular complexity index is 551. The van der Waals surface area contributed by atoms with Crippen molar-refractivity contribution in [2.45, 2.75) is 65.3 Å². The first kappa shape index (κ1) is 17.6. The molecule has 1 saturated heterocycles. The number of cyclic esters (lactones) is 1. The molecule has 4 aliphatic rings. The van der Waals surface area contributed by atoms with Crippen LogP contribution in [-0.2, 0) is 4.74 Å². The van der Waals surface area contributed by atoms with Crippen molar-refractivity contribution >= 4 is 6.09 Å². The van der Waals surface area contributed by atoms with E-state index < -0.39 is 0 Å². The normalized spacial score (nSPS) is 50.5. The van der Waals surface area contributed by atoms with Crippen LogP contribution < -0.4 is 0 Å². The Morgan fingerprint density at radius 2 is 1.88 bits per heavy atom. The van der Waals surface area contributed by atoms with E-state index in [4.69, 9.17) is 4.74 Å². The standard InChI is InChI=1S/C21H35NO3/c1-13(11-23)15-6-7-16-14-5-8-18-21(3,12-25-19(24)22(18)4)17(14)9-10-20(15,16)2/h13-18,23H,5-12H2,1-4H3/t13?,14-,15+,16-,17-,18?,20+,21+/m0/s1. The fraction of sp³-hybridized carbons (Fsp3) is 0.952. The molecular formula is C21H35NO3. The van der Waals surface area contributed by atoms with Crippen molar-refractivity contribution in [2.75, 3.05) is 20.3 Å². The van der Waals surface area contributed by atoms with E-state index in [0.29, 0.717) is 42.4 Å². The number of carbonyl (C=O) groups is 1. The Morgan fingerprint density at radius 1 is 1.16 bits per heavy atom. The summed E-state index contributed by atoms with van der Waals surface area (Å²) in [4.78, 5) is 13.9. The smallest absolute Gasteiger partial charge is 0.409 e. The molecule has 4 nitrogen and oxygen atoms in total. The van der Waals surface area contributed by atoms with E-state index >= 15 is 0 Å². The molecule has 3 saturated carbocycles. The Hall–Kier alpha value is -0.770. The van der Waals surface area contributed by atoms with E-state index in [1.54, 1.807) is 0 Å². The lowest BCUT2D eigenvalue weighted by Gasteiger charge is -2.61. The molecule has 0 aromatic heterocycles. The highest BCUT2D eigenvalue weighted by atomic mass is 16.6. The van der Waals surface area contributed by atoms with E-state index in [1.165, 1.54) is 32.1 Å². The maximum atomic E-state index is 12.0. The molecule has 1 aliphatic heterocycles. The lowest BCUT2D eigenvalue weighted by Crippen LogP contribution is -2.63. The van der Waals surface area contributed by atoms with Crippen LogP contribution >= 0.6 is 0 Å².